The molecule has 0 aliphatic rings. The van der Waals surface area contributed by atoms with Crippen molar-refractivity contribution in [1.29, 1.82) is 0 Å². The molecule has 0 spiro atoms. The molecular formula is C34H40N2O5S2. The van der Waals surface area contributed by atoms with Crippen LogP contribution in [0.5, 0.6) is 5.75 Å². The highest BCUT2D eigenvalue weighted by molar-refractivity contribution is 7.90. The van der Waals surface area contributed by atoms with Crippen molar-refractivity contribution in [3.8, 4) is 16.9 Å². The molecule has 9 heteroatoms. The third-order valence-electron chi connectivity index (χ3n) is 7.34. The van der Waals surface area contributed by atoms with Crippen LogP contribution in [0.15, 0.2) is 84.2 Å². The van der Waals surface area contributed by atoms with Gasteiger partial charge in [0, 0.05) is 4.88 Å². The molecule has 7 nitrogen and oxygen atoms in total. The van der Waals surface area contributed by atoms with Gasteiger partial charge in [0.15, 0.2) is 0 Å². The highest BCUT2D eigenvalue weighted by Crippen LogP contribution is 2.30. The van der Waals surface area contributed by atoms with E-state index in [0.717, 1.165) is 37.2 Å². The zero-order valence-corrected chi connectivity index (χ0v) is 26.6. The molecule has 228 valence electrons. The van der Waals surface area contributed by atoms with Crippen molar-refractivity contribution in [3.63, 3.8) is 0 Å². The minimum absolute atomic E-state index is 0.0550. The number of hydrogen-bond acceptors (Lipinski definition) is 5. The Balaban J connectivity index is 1.38. The number of hydrogen-bond donors (Lipinski definition) is 2. The van der Waals surface area contributed by atoms with Crippen molar-refractivity contribution < 1.29 is 23.1 Å². The van der Waals surface area contributed by atoms with Crippen LogP contribution >= 0.6 is 11.3 Å². The number of thiophene rings is 1. The summed E-state index contributed by atoms with van der Waals surface area (Å²) in [7, 11) is -4.10. The zero-order valence-electron chi connectivity index (χ0n) is 25.0. The van der Waals surface area contributed by atoms with Gasteiger partial charge >= 0.3 is 16.2 Å². The summed E-state index contributed by atoms with van der Waals surface area (Å²) in [6.45, 7) is 6.01. The Kier molecular flexibility index (Phi) is 11.4. The predicted octanol–water partition coefficient (Wildman–Crippen LogP) is 8.23. The van der Waals surface area contributed by atoms with E-state index in [2.05, 4.69) is 42.8 Å². The molecule has 0 saturated carbocycles. The fraction of sp³-hybridized carbons (Fsp3) is 0.324. The Morgan fingerprint density at radius 2 is 1.63 bits per heavy atom. The smallest absolute Gasteiger partial charge is 0.318 e. The van der Waals surface area contributed by atoms with Crippen molar-refractivity contribution in [1.82, 2.24) is 4.31 Å². The minimum atomic E-state index is -4.10. The van der Waals surface area contributed by atoms with Crippen LogP contribution in [0.4, 0.5) is 5.69 Å². The number of rotatable bonds is 16. The summed E-state index contributed by atoms with van der Waals surface area (Å²) < 4.78 is 35.7. The van der Waals surface area contributed by atoms with Crippen molar-refractivity contribution >= 4 is 33.2 Å². The molecule has 0 unspecified atom stereocenters. The number of aliphatic carboxylic acids is 1. The summed E-state index contributed by atoms with van der Waals surface area (Å²) >= 11 is 1.39. The molecule has 0 saturated heterocycles. The van der Waals surface area contributed by atoms with Crippen LogP contribution in [-0.2, 0) is 28.2 Å². The van der Waals surface area contributed by atoms with Gasteiger partial charge in [-0.15, -0.1) is 11.3 Å². The quantitative estimate of drug-likeness (QED) is 0.132. The molecule has 1 aromatic heterocycles. The number of aryl methyl sites for hydroxylation is 1. The third-order valence-corrected chi connectivity index (χ3v) is 9.68. The summed E-state index contributed by atoms with van der Waals surface area (Å²) in [5.74, 6) is 0.229. The van der Waals surface area contributed by atoms with E-state index in [9.17, 15) is 18.3 Å². The number of carbonyl (C=O) groups is 1. The Morgan fingerprint density at radius 1 is 0.953 bits per heavy atom. The van der Waals surface area contributed by atoms with E-state index in [4.69, 9.17) is 4.74 Å². The first-order valence-electron chi connectivity index (χ1n) is 14.6. The highest BCUT2D eigenvalue weighted by atomic mass is 32.2. The maximum Gasteiger partial charge on any atom is 0.318 e. The van der Waals surface area contributed by atoms with E-state index < -0.39 is 22.7 Å². The lowest BCUT2D eigenvalue weighted by Gasteiger charge is -2.21. The van der Waals surface area contributed by atoms with Gasteiger partial charge in [-0.3, -0.25) is 9.52 Å². The molecule has 1 heterocycles. The van der Waals surface area contributed by atoms with Gasteiger partial charge < -0.3 is 9.84 Å². The van der Waals surface area contributed by atoms with Gasteiger partial charge in [-0.25, -0.2) is 0 Å². The zero-order chi connectivity index (χ0) is 30.8. The summed E-state index contributed by atoms with van der Waals surface area (Å²) in [6.07, 6.45) is 4.78. The molecule has 4 rings (SSSR count). The Hall–Kier alpha value is -3.66. The molecule has 43 heavy (non-hydrogen) atoms. The summed E-state index contributed by atoms with van der Waals surface area (Å²) in [6, 6.07) is 25.4. The largest absolute Gasteiger partial charge is 0.489 e. The molecule has 0 aliphatic carbocycles. The van der Waals surface area contributed by atoms with Crippen molar-refractivity contribution in [3.05, 3.63) is 106 Å². The van der Waals surface area contributed by atoms with E-state index in [1.165, 1.54) is 42.6 Å². The van der Waals surface area contributed by atoms with E-state index in [1.54, 1.807) is 25.1 Å². The van der Waals surface area contributed by atoms with E-state index in [0.29, 0.717) is 18.2 Å². The van der Waals surface area contributed by atoms with Crippen LogP contribution in [0.2, 0.25) is 0 Å². The summed E-state index contributed by atoms with van der Waals surface area (Å²) in [5, 5.41) is 11.4. The predicted molar refractivity (Wildman–Crippen MR) is 175 cm³/mol. The second-order valence-electron chi connectivity index (χ2n) is 10.7. The lowest BCUT2D eigenvalue weighted by atomic mass is 9.90. The standard InChI is InChI=1S/C34H40N2O5S2/c1-4-8-27(9-5-2)28-16-18-31(19-17-28)41-23-26-12-14-29(15-13-26)30-20-32(42-24-30)21-36(22-34(37)38)43(39,40)35-33-11-7-6-10-25(33)3/h6-7,10-20,24,27,35H,4-5,8-9,21-23H2,1-3H3,(H,37,38). The molecule has 0 fully saturated rings. The van der Waals surface area contributed by atoms with Crippen LogP contribution in [-0.4, -0.2) is 30.3 Å². The number of carboxylic acid groups (broad SMARTS) is 1. The lowest BCUT2D eigenvalue weighted by Crippen LogP contribution is -2.38. The Bertz CT molecular complexity index is 1580. The van der Waals surface area contributed by atoms with Crippen molar-refractivity contribution in [2.24, 2.45) is 0 Å². The number of para-hydroxylation sites is 1. The van der Waals surface area contributed by atoms with Gasteiger partial charge in [-0.2, -0.15) is 12.7 Å². The first kappa shape index (κ1) is 32.3. The molecule has 0 aliphatic heterocycles. The number of ether oxygens (including phenoxy) is 1. The second-order valence-corrected chi connectivity index (χ2v) is 13.4. The van der Waals surface area contributed by atoms with Gasteiger partial charge in [-0.05, 0) is 83.1 Å². The van der Waals surface area contributed by atoms with Gasteiger partial charge in [-0.1, -0.05) is 81.3 Å². The van der Waals surface area contributed by atoms with Crippen molar-refractivity contribution in [2.75, 3.05) is 11.3 Å². The maximum atomic E-state index is 13.1. The first-order valence-corrected chi connectivity index (χ1v) is 16.9. The number of benzene rings is 3. The van der Waals surface area contributed by atoms with E-state index in [-0.39, 0.29) is 6.54 Å². The Morgan fingerprint density at radius 3 is 2.26 bits per heavy atom. The van der Waals surface area contributed by atoms with Crippen LogP contribution in [0.3, 0.4) is 0 Å². The van der Waals surface area contributed by atoms with E-state index in [1.807, 2.05) is 41.8 Å². The molecule has 3 aromatic carbocycles. The summed E-state index contributed by atoms with van der Waals surface area (Å²) in [4.78, 5) is 12.3. The third kappa shape index (κ3) is 9.16. The fourth-order valence-electron chi connectivity index (χ4n) is 5.03. The molecule has 4 aromatic rings. The molecule has 2 N–H and O–H groups in total. The SMILES string of the molecule is CCCC(CCC)c1ccc(OCc2ccc(-c3csc(CN(CC(=O)O)S(=O)(=O)Nc4ccccc4C)c3)cc2)cc1. The van der Waals surface area contributed by atoms with Gasteiger partial charge in [0.25, 0.3) is 0 Å². The first-order chi connectivity index (χ1) is 20.7. The topological polar surface area (TPSA) is 95.9 Å². The number of carboxylic acids is 1. The summed E-state index contributed by atoms with van der Waals surface area (Å²) in [5.41, 5.74) is 5.50. The maximum absolute atomic E-state index is 13.1. The fourth-order valence-corrected chi connectivity index (χ4v) is 7.24. The lowest BCUT2D eigenvalue weighted by molar-refractivity contribution is -0.137. The number of nitrogens with one attached hydrogen (secondary N) is 1. The van der Waals surface area contributed by atoms with Crippen LogP contribution in [0.1, 0.15) is 67.0 Å². The van der Waals surface area contributed by atoms with Crippen LogP contribution < -0.4 is 9.46 Å². The molecule has 0 amide bonds. The van der Waals surface area contributed by atoms with Crippen LogP contribution in [0, 0.1) is 6.92 Å². The van der Waals surface area contributed by atoms with E-state index >= 15 is 0 Å². The highest BCUT2D eigenvalue weighted by Gasteiger charge is 2.26. The van der Waals surface area contributed by atoms with Crippen LogP contribution in [0.25, 0.3) is 11.1 Å². The monoisotopic (exact) mass is 620 g/mol. The number of anilines is 1. The number of nitrogens with zero attached hydrogens (tertiary/aromatic N) is 1. The normalized spacial score (nSPS) is 11.7. The van der Waals surface area contributed by atoms with Gasteiger partial charge in [0.2, 0.25) is 0 Å². The average Bonchev–Trinajstić information content (AvgIpc) is 3.46. The second kappa shape index (κ2) is 15.2. The molecule has 0 atom stereocenters. The molecular weight excluding hydrogens is 581 g/mol. The Labute approximate surface area is 259 Å². The van der Waals surface area contributed by atoms with Crippen molar-refractivity contribution in [2.45, 2.75) is 65.5 Å². The molecule has 0 radical (unpaired) electrons. The minimum Gasteiger partial charge on any atom is -0.489 e. The molecule has 0 bridgehead atoms. The van der Waals surface area contributed by atoms with Gasteiger partial charge in [0.05, 0.1) is 12.2 Å². The van der Waals surface area contributed by atoms with Gasteiger partial charge in [0.1, 0.15) is 18.9 Å². The average molecular weight is 621 g/mol.